The van der Waals surface area contributed by atoms with Crippen molar-refractivity contribution in [3.63, 3.8) is 0 Å². The van der Waals surface area contributed by atoms with Gasteiger partial charge in [0, 0.05) is 12.0 Å². The maximum atomic E-state index is 13.8. The number of nitrogen functional groups attached to an aromatic ring is 1. The molecule has 0 fully saturated rings. The van der Waals surface area contributed by atoms with E-state index in [1.807, 2.05) is 59.2 Å². The Labute approximate surface area is 151 Å². The van der Waals surface area contributed by atoms with Crippen molar-refractivity contribution >= 4 is 5.95 Å². The molecule has 0 aliphatic carbocycles. The third-order valence-electron chi connectivity index (χ3n) is 4.33. The Morgan fingerprint density at radius 3 is 2.23 bits per heavy atom. The molecule has 0 saturated carbocycles. The van der Waals surface area contributed by atoms with Crippen LogP contribution in [0.15, 0.2) is 84.9 Å². The molecular formula is C22H18FN3. The first-order chi connectivity index (χ1) is 12.7. The highest BCUT2D eigenvalue weighted by atomic mass is 19.1. The normalized spacial score (nSPS) is 10.8. The summed E-state index contributed by atoms with van der Waals surface area (Å²) in [6.07, 6.45) is 0.645. The molecule has 0 bridgehead atoms. The molecule has 0 aliphatic rings. The van der Waals surface area contributed by atoms with Crippen molar-refractivity contribution in [1.29, 1.82) is 0 Å². The molecule has 3 nitrogen and oxygen atoms in total. The van der Waals surface area contributed by atoms with Crippen molar-refractivity contribution in [2.45, 2.75) is 6.42 Å². The molecule has 1 aromatic heterocycles. The van der Waals surface area contributed by atoms with Gasteiger partial charge in [-0.15, -0.1) is 0 Å². The Bertz CT molecular complexity index is 1020. The standard InChI is InChI=1S/C22H18FN3/c23-18-12-7-13-19(15-18)26-20(14-16-8-3-1-4-9-16)21(25-22(26)24)17-10-5-2-6-11-17/h1-13,15H,14H2,(H2,24,25). The lowest BCUT2D eigenvalue weighted by molar-refractivity contribution is 0.626. The quantitative estimate of drug-likeness (QED) is 0.575. The lowest BCUT2D eigenvalue weighted by Gasteiger charge is -2.12. The zero-order valence-electron chi connectivity index (χ0n) is 14.1. The average molecular weight is 343 g/mol. The van der Waals surface area contributed by atoms with Crippen LogP contribution in [0.25, 0.3) is 16.9 Å². The van der Waals surface area contributed by atoms with Gasteiger partial charge in [0.15, 0.2) is 0 Å². The van der Waals surface area contributed by atoms with Gasteiger partial charge in [0.1, 0.15) is 5.82 Å². The van der Waals surface area contributed by atoms with Crippen LogP contribution in [0.3, 0.4) is 0 Å². The molecule has 0 radical (unpaired) electrons. The number of halogens is 1. The number of hydrogen-bond donors (Lipinski definition) is 1. The molecule has 4 rings (SSSR count). The second-order valence-corrected chi connectivity index (χ2v) is 6.11. The minimum atomic E-state index is -0.303. The zero-order valence-corrected chi connectivity index (χ0v) is 14.1. The fourth-order valence-electron chi connectivity index (χ4n) is 3.16. The van der Waals surface area contributed by atoms with Gasteiger partial charge in [-0.3, -0.25) is 4.57 Å². The Kier molecular flexibility index (Phi) is 4.23. The minimum absolute atomic E-state index is 0.303. The van der Waals surface area contributed by atoms with Crippen LogP contribution < -0.4 is 5.73 Å². The first-order valence-electron chi connectivity index (χ1n) is 8.45. The van der Waals surface area contributed by atoms with Crippen molar-refractivity contribution in [2.75, 3.05) is 5.73 Å². The molecule has 0 unspecified atom stereocenters. The minimum Gasteiger partial charge on any atom is -0.369 e. The lowest BCUT2D eigenvalue weighted by Crippen LogP contribution is -2.06. The van der Waals surface area contributed by atoms with Crippen LogP contribution in [-0.2, 0) is 6.42 Å². The number of imidazole rings is 1. The maximum absolute atomic E-state index is 13.8. The van der Waals surface area contributed by atoms with E-state index >= 15 is 0 Å². The average Bonchev–Trinajstić information content (AvgIpc) is 2.99. The monoisotopic (exact) mass is 343 g/mol. The highest BCUT2D eigenvalue weighted by molar-refractivity contribution is 5.67. The number of anilines is 1. The van der Waals surface area contributed by atoms with Gasteiger partial charge in [-0.1, -0.05) is 66.7 Å². The largest absolute Gasteiger partial charge is 0.369 e. The number of rotatable bonds is 4. The number of nitrogens with zero attached hydrogens (tertiary/aromatic N) is 2. The van der Waals surface area contributed by atoms with E-state index in [1.54, 1.807) is 6.07 Å². The summed E-state index contributed by atoms with van der Waals surface area (Å²) in [5, 5.41) is 0. The smallest absolute Gasteiger partial charge is 0.205 e. The van der Waals surface area contributed by atoms with Crippen LogP contribution in [0, 0.1) is 5.82 Å². The second kappa shape index (κ2) is 6.84. The van der Waals surface area contributed by atoms with Crippen LogP contribution in [0.4, 0.5) is 10.3 Å². The van der Waals surface area contributed by atoms with E-state index in [2.05, 4.69) is 17.1 Å². The fraction of sp³-hybridized carbons (Fsp3) is 0.0455. The van der Waals surface area contributed by atoms with Crippen LogP contribution in [0.1, 0.15) is 11.3 Å². The van der Waals surface area contributed by atoms with Gasteiger partial charge in [-0.2, -0.15) is 0 Å². The SMILES string of the molecule is Nc1nc(-c2ccccc2)c(Cc2ccccc2)n1-c1cccc(F)c1. The molecule has 0 saturated heterocycles. The highest BCUT2D eigenvalue weighted by Gasteiger charge is 2.18. The van der Waals surface area contributed by atoms with E-state index in [0.29, 0.717) is 18.1 Å². The van der Waals surface area contributed by atoms with E-state index < -0.39 is 0 Å². The van der Waals surface area contributed by atoms with Gasteiger partial charge >= 0.3 is 0 Å². The molecule has 1 heterocycles. The summed E-state index contributed by atoms with van der Waals surface area (Å²) in [7, 11) is 0. The Hall–Kier alpha value is -3.40. The highest BCUT2D eigenvalue weighted by Crippen LogP contribution is 2.30. The van der Waals surface area contributed by atoms with Crippen LogP contribution in [0.2, 0.25) is 0 Å². The van der Waals surface area contributed by atoms with Crippen molar-refractivity contribution in [2.24, 2.45) is 0 Å². The van der Waals surface area contributed by atoms with E-state index in [0.717, 1.165) is 22.5 Å². The van der Waals surface area contributed by atoms with Crippen molar-refractivity contribution in [3.8, 4) is 16.9 Å². The molecule has 4 heteroatoms. The third-order valence-corrected chi connectivity index (χ3v) is 4.33. The molecule has 4 aromatic rings. The van der Waals surface area contributed by atoms with Gasteiger partial charge in [-0.05, 0) is 23.8 Å². The Balaban J connectivity index is 1.92. The number of hydrogen-bond acceptors (Lipinski definition) is 2. The molecule has 3 aromatic carbocycles. The maximum Gasteiger partial charge on any atom is 0.205 e. The molecule has 0 atom stereocenters. The van der Waals surface area contributed by atoms with Crippen LogP contribution in [0.5, 0.6) is 0 Å². The van der Waals surface area contributed by atoms with E-state index in [-0.39, 0.29) is 5.82 Å². The second-order valence-electron chi connectivity index (χ2n) is 6.11. The van der Waals surface area contributed by atoms with Crippen LogP contribution in [-0.4, -0.2) is 9.55 Å². The molecule has 0 amide bonds. The van der Waals surface area contributed by atoms with E-state index in [4.69, 9.17) is 5.73 Å². The van der Waals surface area contributed by atoms with Gasteiger partial charge in [-0.25, -0.2) is 9.37 Å². The molecule has 2 N–H and O–H groups in total. The molecule has 26 heavy (non-hydrogen) atoms. The van der Waals surface area contributed by atoms with Gasteiger partial charge in [0.05, 0.1) is 17.1 Å². The Morgan fingerprint density at radius 1 is 0.846 bits per heavy atom. The first kappa shape index (κ1) is 16.1. The predicted octanol–water partition coefficient (Wildman–Crippen LogP) is 4.85. The van der Waals surface area contributed by atoms with Gasteiger partial charge < -0.3 is 5.73 Å². The first-order valence-corrected chi connectivity index (χ1v) is 8.45. The molecular weight excluding hydrogens is 325 g/mol. The fourth-order valence-corrected chi connectivity index (χ4v) is 3.16. The number of benzene rings is 3. The summed E-state index contributed by atoms with van der Waals surface area (Å²) in [4.78, 5) is 4.60. The lowest BCUT2D eigenvalue weighted by atomic mass is 10.0. The van der Waals surface area contributed by atoms with Crippen molar-refractivity contribution in [3.05, 3.63) is 102 Å². The topological polar surface area (TPSA) is 43.8 Å². The summed E-state index contributed by atoms with van der Waals surface area (Å²) in [6, 6.07) is 26.5. The third kappa shape index (κ3) is 3.09. The van der Waals surface area contributed by atoms with Gasteiger partial charge in [0.2, 0.25) is 5.95 Å². The summed E-state index contributed by atoms with van der Waals surface area (Å²) in [6.45, 7) is 0. The molecule has 0 aliphatic heterocycles. The molecule has 128 valence electrons. The summed E-state index contributed by atoms with van der Waals surface area (Å²) >= 11 is 0. The Morgan fingerprint density at radius 2 is 1.54 bits per heavy atom. The number of aromatic nitrogens is 2. The van der Waals surface area contributed by atoms with E-state index in [9.17, 15) is 4.39 Å². The molecule has 0 spiro atoms. The number of nitrogens with two attached hydrogens (primary N) is 1. The van der Waals surface area contributed by atoms with Gasteiger partial charge in [0.25, 0.3) is 0 Å². The van der Waals surface area contributed by atoms with Crippen molar-refractivity contribution < 1.29 is 4.39 Å². The van der Waals surface area contributed by atoms with Crippen LogP contribution >= 0.6 is 0 Å². The summed E-state index contributed by atoms with van der Waals surface area (Å²) in [5.41, 5.74) is 10.8. The summed E-state index contributed by atoms with van der Waals surface area (Å²) < 4.78 is 15.6. The zero-order chi connectivity index (χ0) is 17.9. The van der Waals surface area contributed by atoms with E-state index in [1.165, 1.54) is 12.1 Å². The predicted molar refractivity (Wildman–Crippen MR) is 103 cm³/mol. The summed E-state index contributed by atoms with van der Waals surface area (Å²) in [5.74, 6) is 0.0444. The van der Waals surface area contributed by atoms with Crippen molar-refractivity contribution in [1.82, 2.24) is 9.55 Å².